The number of nitrogens with one attached hydrogen (secondary N) is 1. The van der Waals surface area contributed by atoms with E-state index in [9.17, 15) is 13.2 Å². The summed E-state index contributed by atoms with van der Waals surface area (Å²) in [5.41, 5.74) is 3.28. The Hall–Kier alpha value is -2.74. The van der Waals surface area contributed by atoms with Crippen molar-refractivity contribution in [2.24, 2.45) is 0 Å². The average molecular weight is 421 g/mol. The van der Waals surface area contributed by atoms with Crippen molar-refractivity contribution in [2.75, 3.05) is 31.3 Å². The highest BCUT2D eigenvalue weighted by Gasteiger charge is 2.22. The molecule has 158 valence electrons. The fourth-order valence-corrected chi connectivity index (χ4v) is 3.75. The van der Waals surface area contributed by atoms with Gasteiger partial charge < -0.3 is 14.8 Å². The maximum absolute atomic E-state index is 12.6. The van der Waals surface area contributed by atoms with Crippen LogP contribution in [0.3, 0.4) is 0 Å². The van der Waals surface area contributed by atoms with Crippen LogP contribution in [-0.2, 0) is 14.8 Å². The fraction of sp³-hybridized carbons (Fsp3) is 0.381. The number of hydrogen-bond acceptors (Lipinski definition) is 5. The molecule has 0 aliphatic carbocycles. The van der Waals surface area contributed by atoms with E-state index >= 15 is 0 Å². The second kappa shape index (κ2) is 9.17. The molecule has 0 bridgehead atoms. The van der Waals surface area contributed by atoms with Gasteiger partial charge in [0.1, 0.15) is 6.54 Å². The number of carbonyl (C=O) groups excluding carboxylic acids is 1. The minimum Gasteiger partial charge on any atom is -0.493 e. The summed E-state index contributed by atoms with van der Waals surface area (Å²) >= 11 is 0. The Morgan fingerprint density at radius 2 is 1.69 bits per heavy atom. The number of methoxy groups -OCH3 is 2. The molecule has 1 N–H and O–H groups in total. The van der Waals surface area contributed by atoms with E-state index in [1.165, 1.54) is 0 Å². The number of benzene rings is 2. The minimum absolute atomic E-state index is 0.307. The summed E-state index contributed by atoms with van der Waals surface area (Å²) in [7, 11) is -0.536. The number of amides is 1. The highest BCUT2D eigenvalue weighted by atomic mass is 32.2. The molecule has 0 radical (unpaired) electrons. The molecule has 0 saturated carbocycles. The van der Waals surface area contributed by atoms with Gasteiger partial charge in [0, 0.05) is 0 Å². The third-order valence-corrected chi connectivity index (χ3v) is 5.89. The van der Waals surface area contributed by atoms with E-state index in [1.54, 1.807) is 38.5 Å². The number of nitrogens with zero attached hydrogens (tertiary/aromatic N) is 1. The van der Waals surface area contributed by atoms with Gasteiger partial charge in [-0.2, -0.15) is 0 Å². The summed E-state index contributed by atoms with van der Waals surface area (Å²) in [5, 5.41) is 2.84. The Balaban J connectivity index is 2.19. The van der Waals surface area contributed by atoms with Gasteiger partial charge in [-0.15, -0.1) is 0 Å². The van der Waals surface area contributed by atoms with E-state index in [1.807, 2.05) is 32.9 Å². The zero-order valence-electron chi connectivity index (χ0n) is 17.6. The van der Waals surface area contributed by atoms with Crippen LogP contribution in [0.15, 0.2) is 36.4 Å². The summed E-state index contributed by atoms with van der Waals surface area (Å²) in [6.45, 7) is 5.36. The van der Waals surface area contributed by atoms with Crippen LogP contribution < -0.4 is 19.1 Å². The molecule has 0 aromatic heterocycles. The topological polar surface area (TPSA) is 84.9 Å². The molecule has 0 fully saturated rings. The molecule has 2 rings (SSSR count). The van der Waals surface area contributed by atoms with Crippen molar-refractivity contribution in [1.29, 1.82) is 0 Å². The van der Waals surface area contributed by atoms with Crippen molar-refractivity contribution in [1.82, 2.24) is 5.32 Å². The van der Waals surface area contributed by atoms with Gasteiger partial charge in [-0.25, -0.2) is 8.42 Å². The predicted octanol–water partition coefficient (Wildman–Crippen LogP) is 2.96. The first-order valence-corrected chi connectivity index (χ1v) is 11.0. The monoisotopic (exact) mass is 420 g/mol. The largest absolute Gasteiger partial charge is 0.493 e. The number of rotatable bonds is 8. The van der Waals surface area contributed by atoms with Crippen molar-refractivity contribution >= 4 is 21.6 Å². The van der Waals surface area contributed by atoms with Crippen LogP contribution in [0.4, 0.5) is 5.69 Å². The molecule has 1 amide bonds. The highest BCUT2D eigenvalue weighted by molar-refractivity contribution is 7.92. The van der Waals surface area contributed by atoms with Gasteiger partial charge in [-0.05, 0) is 61.7 Å². The molecule has 2 aromatic rings. The fourth-order valence-electron chi connectivity index (χ4n) is 2.90. The number of aryl methyl sites for hydroxylation is 2. The number of hydrogen-bond donors (Lipinski definition) is 1. The van der Waals surface area contributed by atoms with E-state index < -0.39 is 15.9 Å². The van der Waals surface area contributed by atoms with Gasteiger partial charge in [0.25, 0.3) is 0 Å². The minimum atomic E-state index is -3.63. The van der Waals surface area contributed by atoms with Gasteiger partial charge in [-0.1, -0.05) is 12.1 Å². The molecular weight excluding hydrogens is 392 g/mol. The van der Waals surface area contributed by atoms with Crippen LogP contribution >= 0.6 is 0 Å². The quantitative estimate of drug-likeness (QED) is 0.710. The van der Waals surface area contributed by atoms with E-state index in [0.29, 0.717) is 17.2 Å². The lowest BCUT2D eigenvalue weighted by molar-refractivity contribution is -0.120. The number of anilines is 1. The van der Waals surface area contributed by atoms with E-state index in [4.69, 9.17) is 9.47 Å². The molecule has 7 nitrogen and oxygen atoms in total. The second-order valence-corrected chi connectivity index (χ2v) is 8.85. The van der Waals surface area contributed by atoms with Crippen LogP contribution in [0.2, 0.25) is 0 Å². The second-order valence-electron chi connectivity index (χ2n) is 6.94. The lowest BCUT2D eigenvalue weighted by Crippen LogP contribution is -2.41. The summed E-state index contributed by atoms with van der Waals surface area (Å²) in [4.78, 5) is 12.6. The first-order chi connectivity index (χ1) is 13.6. The number of ether oxygens (including phenoxy) is 2. The van der Waals surface area contributed by atoms with Crippen LogP contribution in [0.25, 0.3) is 0 Å². The maximum Gasteiger partial charge on any atom is 0.241 e. The molecule has 0 saturated heterocycles. The van der Waals surface area contributed by atoms with Gasteiger partial charge in [0.15, 0.2) is 11.5 Å². The summed E-state index contributed by atoms with van der Waals surface area (Å²) < 4.78 is 36.2. The molecule has 0 spiro atoms. The summed E-state index contributed by atoms with van der Waals surface area (Å²) in [6, 6.07) is 10.3. The third kappa shape index (κ3) is 5.63. The smallest absolute Gasteiger partial charge is 0.241 e. The SMILES string of the molecule is COc1ccc([C@H](C)NC(=O)CN(c2ccc(C)c(C)c2)S(C)(=O)=O)cc1OC. The van der Waals surface area contributed by atoms with Crippen LogP contribution in [0, 0.1) is 13.8 Å². The van der Waals surface area contributed by atoms with Crippen LogP contribution in [-0.4, -0.2) is 41.3 Å². The first kappa shape index (κ1) is 22.5. The molecule has 2 aromatic carbocycles. The molecular formula is C21H28N2O5S. The van der Waals surface area contributed by atoms with Crippen LogP contribution in [0.1, 0.15) is 29.7 Å². The molecule has 1 atom stereocenters. The molecule has 0 unspecified atom stereocenters. The number of carbonyl (C=O) groups is 1. The molecule has 0 aliphatic heterocycles. The molecule has 0 aliphatic rings. The Kier molecular flexibility index (Phi) is 7.13. The normalized spacial score (nSPS) is 12.2. The Labute approximate surface area is 172 Å². The van der Waals surface area contributed by atoms with Gasteiger partial charge in [-0.3, -0.25) is 9.10 Å². The third-order valence-electron chi connectivity index (χ3n) is 4.75. The predicted molar refractivity (Wildman–Crippen MR) is 114 cm³/mol. The lowest BCUT2D eigenvalue weighted by Gasteiger charge is -2.24. The molecule has 8 heteroatoms. The molecule has 0 heterocycles. The average Bonchev–Trinajstić information content (AvgIpc) is 2.66. The van der Waals surface area contributed by atoms with Crippen molar-refractivity contribution in [3.8, 4) is 11.5 Å². The Morgan fingerprint density at radius 3 is 2.24 bits per heavy atom. The standard InChI is InChI=1S/C21H28N2O5S/c1-14-7-9-18(11-15(14)2)23(29(6,25)26)13-21(24)22-16(3)17-8-10-19(27-4)20(12-17)28-5/h7-12,16H,13H2,1-6H3,(H,22,24)/t16-/m0/s1. The van der Waals surface area contributed by atoms with E-state index in [-0.39, 0.29) is 12.6 Å². The Morgan fingerprint density at radius 1 is 1.03 bits per heavy atom. The van der Waals surface area contributed by atoms with E-state index in [2.05, 4.69) is 5.32 Å². The molecule has 29 heavy (non-hydrogen) atoms. The zero-order valence-corrected chi connectivity index (χ0v) is 18.5. The van der Waals surface area contributed by atoms with Crippen molar-refractivity contribution in [3.63, 3.8) is 0 Å². The highest BCUT2D eigenvalue weighted by Crippen LogP contribution is 2.30. The lowest BCUT2D eigenvalue weighted by atomic mass is 10.1. The maximum atomic E-state index is 12.6. The van der Waals surface area contributed by atoms with Crippen molar-refractivity contribution in [3.05, 3.63) is 53.1 Å². The van der Waals surface area contributed by atoms with E-state index in [0.717, 1.165) is 27.3 Å². The Bertz CT molecular complexity index is 989. The van der Waals surface area contributed by atoms with Crippen molar-refractivity contribution in [2.45, 2.75) is 26.8 Å². The summed E-state index contributed by atoms with van der Waals surface area (Å²) in [5.74, 6) is 0.739. The number of sulfonamides is 1. The summed E-state index contributed by atoms with van der Waals surface area (Å²) in [6.07, 6.45) is 1.09. The zero-order chi connectivity index (χ0) is 21.8. The van der Waals surface area contributed by atoms with Crippen LogP contribution in [0.5, 0.6) is 11.5 Å². The van der Waals surface area contributed by atoms with Crippen molar-refractivity contribution < 1.29 is 22.7 Å². The van der Waals surface area contributed by atoms with Gasteiger partial charge >= 0.3 is 0 Å². The first-order valence-electron chi connectivity index (χ1n) is 9.13. The van der Waals surface area contributed by atoms with Gasteiger partial charge in [0.05, 0.1) is 32.2 Å². The van der Waals surface area contributed by atoms with Gasteiger partial charge in [0.2, 0.25) is 15.9 Å².